The monoisotopic (exact) mass is 302 g/mol. The molecule has 1 amide bonds. The quantitative estimate of drug-likeness (QED) is 0.862. The van der Waals surface area contributed by atoms with E-state index in [1.807, 2.05) is 14.0 Å². The van der Waals surface area contributed by atoms with E-state index in [9.17, 15) is 4.79 Å². The van der Waals surface area contributed by atoms with E-state index in [1.165, 1.54) is 11.1 Å². The zero-order valence-corrected chi connectivity index (χ0v) is 14.1. The van der Waals surface area contributed by atoms with Crippen molar-refractivity contribution in [2.75, 3.05) is 13.6 Å². The van der Waals surface area contributed by atoms with Gasteiger partial charge in [0.15, 0.2) is 0 Å². The maximum atomic E-state index is 12.1. The van der Waals surface area contributed by atoms with E-state index in [2.05, 4.69) is 43.5 Å². The lowest BCUT2D eigenvalue weighted by atomic mass is 9.95. The Labute approximate surface area is 132 Å². The number of aryl methyl sites for hydroxylation is 1. The molecule has 2 rings (SSSR count). The van der Waals surface area contributed by atoms with Crippen LogP contribution in [0.5, 0.6) is 0 Å². The molecule has 0 spiro atoms. The van der Waals surface area contributed by atoms with E-state index in [0.29, 0.717) is 18.9 Å². The number of rotatable bonds is 6. The van der Waals surface area contributed by atoms with Gasteiger partial charge in [-0.2, -0.15) is 0 Å². The summed E-state index contributed by atoms with van der Waals surface area (Å²) in [6.07, 6.45) is 2.05. The molecule has 0 saturated carbocycles. The first-order valence-electron chi connectivity index (χ1n) is 7.87. The van der Waals surface area contributed by atoms with Gasteiger partial charge in [-0.15, -0.1) is 0 Å². The van der Waals surface area contributed by atoms with Gasteiger partial charge in [-0.05, 0) is 50.1 Å². The fourth-order valence-corrected chi connectivity index (χ4v) is 2.61. The zero-order chi connectivity index (χ0) is 16.3. The summed E-state index contributed by atoms with van der Waals surface area (Å²) in [5, 5.41) is 7.09. The van der Waals surface area contributed by atoms with Crippen molar-refractivity contribution in [3.8, 4) is 0 Å². The Bertz CT molecular complexity index is 658. The topological polar surface area (TPSA) is 54.3 Å². The molecule has 1 unspecified atom stereocenters. The fourth-order valence-electron chi connectivity index (χ4n) is 2.61. The molecule has 120 valence electrons. The molecule has 2 aromatic rings. The van der Waals surface area contributed by atoms with Crippen molar-refractivity contribution in [2.45, 2.75) is 46.1 Å². The first-order valence-corrected chi connectivity index (χ1v) is 7.87. The molecule has 0 radical (unpaired) electrons. The Hall–Kier alpha value is -1.81. The summed E-state index contributed by atoms with van der Waals surface area (Å²) in [7, 11) is 1.89. The van der Waals surface area contributed by atoms with Crippen LogP contribution in [0.25, 0.3) is 11.0 Å². The number of hydrogen-bond acceptors (Lipinski definition) is 3. The SMILES string of the molecule is CNC(C)CNC(=O)Cc1coc2cc(C)c(C(C)C)cc12. The molecule has 22 heavy (non-hydrogen) atoms. The summed E-state index contributed by atoms with van der Waals surface area (Å²) in [4.78, 5) is 12.1. The van der Waals surface area contributed by atoms with Crippen LogP contribution in [0.4, 0.5) is 0 Å². The molecular formula is C18H26N2O2. The second kappa shape index (κ2) is 6.97. The predicted octanol–water partition coefficient (Wildman–Crippen LogP) is 3.13. The van der Waals surface area contributed by atoms with Crippen LogP contribution < -0.4 is 10.6 Å². The largest absolute Gasteiger partial charge is 0.464 e. The number of carbonyl (C=O) groups is 1. The second-order valence-corrected chi connectivity index (χ2v) is 6.29. The minimum atomic E-state index is 0.0245. The lowest BCUT2D eigenvalue weighted by molar-refractivity contribution is -0.120. The van der Waals surface area contributed by atoms with E-state index in [1.54, 1.807) is 6.26 Å². The van der Waals surface area contributed by atoms with Crippen LogP contribution in [0, 0.1) is 6.92 Å². The molecule has 1 aromatic heterocycles. The molecule has 0 bridgehead atoms. The van der Waals surface area contributed by atoms with Crippen LogP contribution in [-0.4, -0.2) is 25.5 Å². The standard InChI is InChI=1S/C18H26N2O2/c1-11(2)15-8-16-14(10-22-17(16)6-12(15)3)7-18(21)20-9-13(4)19-5/h6,8,10-11,13,19H,7,9H2,1-5H3,(H,20,21). The van der Waals surface area contributed by atoms with Crippen molar-refractivity contribution in [3.63, 3.8) is 0 Å². The van der Waals surface area contributed by atoms with Crippen LogP contribution in [-0.2, 0) is 11.2 Å². The smallest absolute Gasteiger partial charge is 0.224 e. The molecule has 4 nitrogen and oxygen atoms in total. The Balaban J connectivity index is 2.18. The lowest BCUT2D eigenvalue weighted by Gasteiger charge is -2.11. The third-order valence-corrected chi connectivity index (χ3v) is 4.11. The Morgan fingerprint density at radius 2 is 2.00 bits per heavy atom. The number of nitrogens with one attached hydrogen (secondary N) is 2. The van der Waals surface area contributed by atoms with Crippen LogP contribution in [0.1, 0.15) is 43.4 Å². The molecule has 1 atom stereocenters. The minimum Gasteiger partial charge on any atom is -0.464 e. The molecule has 0 aliphatic rings. The highest BCUT2D eigenvalue weighted by atomic mass is 16.3. The van der Waals surface area contributed by atoms with Crippen LogP contribution in [0.15, 0.2) is 22.8 Å². The first kappa shape index (κ1) is 16.6. The minimum absolute atomic E-state index is 0.0245. The maximum Gasteiger partial charge on any atom is 0.224 e. The number of benzene rings is 1. The van der Waals surface area contributed by atoms with Gasteiger partial charge in [0, 0.05) is 23.5 Å². The predicted molar refractivity (Wildman–Crippen MR) is 90.3 cm³/mol. The van der Waals surface area contributed by atoms with Gasteiger partial charge in [0.25, 0.3) is 0 Å². The van der Waals surface area contributed by atoms with E-state index in [4.69, 9.17) is 4.42 Å². The third kappa shape index (κ3) is 3.69. The number of likely N-dealkylation sites (N-methyl/N-ethyl adjacent to an activating group) is 1. The summed E-state index contributed by atoms with van der Waals surface area (Å²) in [6, 6.07) is 4.49. The van der Waals surface area contributed by atoms with Crippen molar-refractivity contribution in [1.82, 2.24) is 10.6 Å². The Kier molecular flexibility index (Phi) is 5.24. The molecule has 1 heterocycles. The van der Waals surface area contributed by atoms with Gasteiger partial charge in [-0.1, -0.05) is 13.8 Å². The van der Waals surface area contributed by atoms with Crippen molar-refractivity contribution in [1.29, 1.82) is 0 Å². The fraction of sp³-hybridized carbons (Fsp3) is 0.500. The molecule has 4 heteroatoms. The molecule has 0 aliphatic heterocycles. The maximum absolute atomic E-state index is 12.1. The summed E-state index contributed by atoms with van der Waals surface area (Å²) in [5.74, 6) is 0.480. The normalized spacial score (nSPS) is 12.8. The highest BCUT2D eigenvalue weighted by Crippen LogP contribution is 2.29. The molecule has 0 aliphatic carbocycles. The molecule has 2 N–H and O–H groups in total. The Morgan fingerprint density at radius 3 is 2.64 bits per heavy atom. The van der Waals surface area contributed by atoms with Crippen molar-refractivity contribution < 1.29 is 9.21 Å². The van der Waals surface area contributed by atoms with E-state index in [-0.39, 0.29) is 11.9 Å². The number of carbonyl (C=O) groups excluding carboxylic acids is 1. The molecule has 1 aromatic carbocycles. The highest BCUT2D eigenvalue weighted by Gasteiger charge is 2.14. The average molecular weight is 302 g/mol. The molecule has 0 fully saturated rings. The van der Waals surface area contributed by atoms with Gasteiger partial charge in [0.05, 0.1) is 12.7 Å². The van der Waals surface area contributed by atoms with Crippen molar-refractivity contribution in [2.24, 2.45) is 0 Å². The van der Waals surface area contributed by atoms with Gasteiger partial charge in [0.1, 0.15) is 5.58 Å². The van der Waals surface area contributed by atoms with Gasteiger partial charge in [0.2, 0.25) is 5.91 Å². The van der Waals surface area contributed by atoms with E-state index < -0.39 is 0 Å². The number of amides is 1. The zero-order valence-electron chi connectivity index (χ0n) is 14.1. The van der Waals surface area contributed by atoms with Crippen LogP contribution in [0.2, 0.25) is 0 Å². The van der Waals surface area contributed by atoms with Gasteiger partial charge >= 0.3 is 0 Å². The second-order valence-electron chi connectivity index (χ2n) is 6.29. The molecular weight excluding hydrogens is 276 g/mol. The lowest BCUT2D eigenvalue weighted by Crippen LogP contribution is -2.37. The van der Waals surface area contributed by atoms with Crippen LogP contribution in [0.3, 0.4) is 0 Å². The highest BCUT2D eigenvalue weighted by molar-refractivity contribution is 5.88. The average Bonchev–Trinajstić information content (AvgIpc) is 2.85. The Morgan fingerprint density at radius 1 is 1.27 bits per heavy atom. The summed E-state index contributed by atoms with van der Waals surface area (Å²) >= 11 is 0. The van der Waals surface area contributed by atoms with Gasteiger partial charge in [-0.25, -0.2) is 0 Å². The van der Waals surface area contributed by atoms with E-state index >= 15 is 0 Å². The summed E-state index contributed by atoms with van der Waals surface area (Å²) in [6.45, 7) is 9.12. The van der Waals surface area contributed by atoms with Crippen LogP contribution >= 0.6 is 0 Å². The number of fused-ring (bicyclic) bond motifs is 1. The van der Waals surface area contributed by atoms with E-state index in [0.717, 1.165) is 16.5 Å². The third-order valence-electron chi connectivity index (χ3n) is 4.11. The van der Waals surface area contributed by atoms with Crippen molar-refractivity contribution >= 4 is 16.9 Å². The number of hydrogen-bond donors (Lipinski definition) is 2. The first-order chi connectivity index (χ1) is 10.4. The van der Waals surface area contributed by atoms with Gasteiger partial charge < -0.3 is 15.1 Å². The molecule has 0 saturated heterocycles. The summed E-state index contributed by atoms with van der Waals surface area (Å²) < 4.78 is 5.62. The number of furan rings is 1. The summed E-state index contributed by atoms with van der Waals surface area (Å²) in [5.41, 5.74) is 4.34. The van der Waals surface area contributed by atoms with Crippen molar-refractivity contribution in [3.05, 3.63) is 35.1 Å². The van der Waals surface area contributed by atoms with Gasteiger partial charge in [-0.3, -0.25) is 4.79 Å².